The molecule has 0 aromatic heterocycles. The number of hydrogen-bond donors (Lipinski definition) is 1. The molecule has 1 rings (SSSR count). The molecule has 0 heterocycles. The minimum Gasteiger partial charge on any atom is -0.368 e. The molecule has 0 fully saturated rings. The number of benzene rings is 1. The Morgan fingerprint density at radius 2 is 2.31 bits per heavy atom. The summed E-state index contributed by atoms with van der Waals surface area (Å²) >= 11 is 3.37. The number of nitrogens with two attached hydrogens (primary N) is 1. The molecule has 84 valence electrons. The van der Waals surface area contributed by atoms with E-state index in [1.165, 1.54) is 0 Å². The average Bonchev–Trinajstić information content (AvgIpc) is 2.25. The fourth-order valence-electron chi connectivity index (χ4n) is 1.39. The summed E-state index contributed by atoms with van der Waals surface area (Å²) in [6.45, 7) is 2.78. The van der Waals surface area contributed by atoms with E-state index < -0.39 is 0 Å². The van der Waals surface area contributed by atoms with E-state index in [0.717, 1.165) is 10.2 Å². The van der Waals surface area contributed by atoms with Gasteiger partial charge in [0.25, 0.3) is 0 Å². The van der Waals surface area contributed by atoms with E-state index in [4.69, 9.17) is 11.0 Å². The highest BCUT2D eigenvalue weighted by Gasteiger charge is 2.11. The van der Waals surface area contributed by atoms with E-state index in [9.17, 15) is 4.79 Å². The summed E-state index contributed by atoms with van der Waals surface area (Å²) in [7, 11) is 0. The molecule has 0 radical (unpaired) electrons. The van der Waals surface area contributed by atoms with Crippen LogP contribution < -0.4 is 10.6 Å². The number of nitrogens with zero attached hydrogens (tertiary/aromatic N) is 2. The van der Waals surface area contributed by atoms with Gasteiger partial charge in [-0.3, -0.25) is 4.79 Å². The van der Waals surface area contributed by atoms with Crippen LogP contribution in [-0.2, 0) is 4.79 Å². The number of nitriles is 1. The van der Waals surface area contributed by atoms with Gasteiger partial charge in [0.1, 0.15) is 0 Å². The van der Waals surface area contributed by atoms with Crippen molar-refractivity contribution in [1.29, 1.82) is 5.26 Å². The average molecular weight is 282 g/mol. The molecule has 4 nitrogen and oxygen atoms in total. The fourth-order valence-corrected chi connectivity index (χ4v) is 2.02. The molecular formula is C11H12BrN3O. The van der Waals surface area contributed by atoms with Gasteiger partial charge in [0.05, 0.1) is 23.9 Å². The third-order valence-electron chi connectivity index (χ3n) is 2.15. The van der Waals surface area contributed by atoms with Crippen LogP contribution in [0.3, 0.4) is 0 Å². The zero-order chi connectivity index (χ0) is 12.1. The van der Waals surface area contributed by atoms with Gasteiger partial charge in [0, 0.05) is 11.0 Å². The number of halogens is 1. The van der Waals surface area contributed by atoms with Crippen molar-refractivity contribution in [3.63, 3.8) is 0 Å². The van der Waals surface area contributed by atoms with E-state index in [1.807, 2.05) is 11.8 Å². The molecule has 0 aliphatic carbocycles. The fraction of sp³-hybridized carbons (Fsp3) is 0.273. The Morgan fingerprint density at radius 3 is 2.75 bits per heavy atom. The second-order valence-corrected chi connectivity index (χ2v) is 4.11. The summed E-state index contributed by atoms with van der Waals surface area (Å²) in [5.74, 6) is -0.377. The molecule has 1 amide bonds. The number of carbonyl (C=O) groups excluding carboxylic acids is 1. The molecule has 0 aliphatic rings. The van der Waals surface area contributed by atoms with Crippen LogP contribution in [0, 0.1) is 11.3 Å². The molecule has 0 saturated heterocycles. The van der Waals surface area contributed by atoms with Crippen molar-refractivity contribution in [2.75, 3.05) is 18.0 Å². The summed E-state index contributed by atoms with van der Waals surface area (Å²) in [4.78, 5) is 12.7. The Kier molecular flexibility index (Phi) is 4.32. The SMILES string of the molecule is CCN(CC(N)=O)c1ccc(C#N)cc1Br. The Hall–Kier alpha value is -1.54. The second kappa shape index (κ2) is 5.52. The quantitative estimate of drug-likeness (QED) is 0.912. The molecule has 16 heavy (non-hydrogen) atoms. The van der Waals surface area contributed by atoms with Crippen molar-refractivity contribution in [3.05, 3.63) is 28.2 Å². The van der Waals surface area contributed by atoms with Gasteiger partial charge in [-0.05, 0) is 41.1 Å². The molecule has 1 aromatic carbocycles. The molecule has 0 bridgehead atoms. The van der Waals surface area contributed by atoms with Crippen molar-refractivity contribution in [2.24, 2.45) is 5.73 Å². The Labute approximate surface area is 103 Å². The standard InChI is InChI=1S/C11H12BrN3O/c1-2-15(7-11(14)16)10-4-3-8(6-13)5-9(10)12/h3-5H,2,7H2,1H3,(H2,14,16). The third-order valence-corrected chi connectivity index (χ3v) is 2.78. The first-order valence-electron chi connectivity index (χ1n) is 4.81. The highest BCUT2D eigenvalue weighted by molar-refractivity contribution is 9.10. The lowest BCUT2D eigenvalue weighted by molar-refractivity contribution is -0.116. The molecule has 0 unspecified atom stereocenters. The molecule has 2 N–H and O–H groups in total. The second-order valence-electron chi connectivity index (χ2n) is 3.26. The van der Waals surface area contributed by atoms with Crippen LogP contribution in [0.1, 0.15) is 12.5 Å². The summed E-state index contributed by atoms with van der Waals surface area (Å²) < 4.78 is 0.787. The summed E-state index contributed by atoms with van der Waals surface area (Å²) in [5, 5.41) is 8.74. The van der Waals surface area contributed by atoms with Gasteiger partial charge in [-0.1, -0.05) is 0 Å². The largest absolute Gasteiger partial charge is 0.368 e. The van der Waals surface area contributed by atoms with Gasteiger partial charge < -0.3 is 10.6 Å². The monoisotopic (exact) mass is 281 g/mol. The lowest BCUT2D eigenvalue weighted by Crippen LogP contribution is -2.33. The first-order valence-corrected chi connectivity index (χ1v) is 5.60. The van der Waals surface area contributed by atoms with Crippen LogP contribution in [0.15, 0.2) is 22.7 Å². The van der Waals surface area contributed by atoms with E-state index in [0.29, 0.717) is 12.1 Å². The van der Waals surface area contributed by atoms with E-state index in [1.54, 1.807) is 18.2 Å². The summed E-state index contributed by atoms with van der Waals surface area (Å²) in [5.41, 5.74) is 6.60. The predicted molar refractivity (Wildman–Crippen MR) is 65.9 cm³/mol. The zero-order valence-electron chi connectivity index (χ0n) is 8.90. The van der Waals surface area contributed by atoms with Crippen molar-refractivity contribution in [1.82, 2.24) is 0 Å². The lowest BCUT2D eigenvalue weighted by Gasteiger charge is -2.22. The first kappa shape index (κ1) is 12.5. The van der Waals surface area contributed by atoms with Crippen molar-refractivity contribution >= 4 is 27.5 Å². The van der Waals surface area contributed by atoms with Crippen molar-refractivity contribution in [3.8, 4) is 6.07 Å². The summed E-state index contributed by atoms with van der Waals surface area (Å²) in [6, 6.07) is 7.29. The van der Waals surface area contributed by atoms with Crippen LogP contribution in [-0.4, -0.2) is 19.0 Å². The Morgan fingerprint density at radius 1 is 1.62 bits per heavy atom. The normalized spacial score (nSPS) is 9.56. The minimum atomic E-state index is -0.377. The smallest absolute Gasteiger partial charge is 0.236 e. The van der Waals surface area contributed by atoms with Gasteiger partial charge in [-0.2, -0.15) is 5.26 Å². The molecule has 0 spiro atoms. The lowest BCUT2D eigenvalue weighted by atomic mass is 10.2. The molecular weight excluding hydrogens is 270 g/mol. The van der Waals surface area contributed by atoms with Crippen molar-refractivity contribution in [2.45, 2.75) is 6.92 Å². The number of anilines is 1. The van der Waals surface area contributed by atoms with E-state index in [-0.39, 0.29) is 12.5 Å². The maximum atomic E-state index is 10.9. The Bertz CT molecular complexity index is 439. The topological polar surface area (TPSA) is 70.1 Å². The maximum absolute atomic E-state index is 10.9. The summed E-state index contributed by atoms with van der Waals surface area (Å²) in [6.07, 6.45) is 0. The molecule has 1 aromatic rings. The number of carbonyl (C=O) groups is 1. The number of likely N-dealkylation sites (N-methyl/N-ethyl adjacent to an activating group) is 1. The number of primary amides is 1. The molecule has 0 aliphatic heterocycles. The predicted octanol–water partition coefficient (Wildman–Crippen LogP) is 1.63. The van der Waals surface area contributed by atoms with Gasteiger partial charge in [0.2, 0.25) is 5.91 Å². The van der Waals surface area contributed by atoms with Crippen LogP contribution in [0.25, 0.3) is 0 Å². The van der Waals surface area contributed by atoms with E-state index >= 15 is 0 Å². The van der Waals surface area contributed by atoms with Crippen LogP contribution in [0.4, 0.5) is 5.69 Å². The highest BCUT2D eigenvalue weighted by atomic mass is 79.9. The molecule has 5 heteroatoms. The van der Waals surface area contributed by atoms with Gasteiger partial charge in [-0.25, -0.2) is 0 Å². The number of amides is 1. The molecule has 0 atom stereocenters. The molecule has 0 saturated carbocycles. The van der Waals surface area contributed by atoms with Crippen LogP contribution in [0.5, 0.6) is 0 Å². The highest BCUT2D eigenvalue weighted by Crippen LogP contribution is 2.26. The first-order chi connectivity index (χ1) is 7.58. The van der Waals surface area contributed by atoms with Gasteiger partial charge in [0.15, 0.2) is 0 Å². The number of rotatable bonds is 4. The van der Waals surface area contributed by atoms with Crippen LogP contribution >= 0.6 is 15.9 Å². The van der Waals surface area contributed by atoms with Crippen LogP contribution in [0.2, 0.25) is 0 Å². The zero-order valence-corrected chi connectivity index (χ0v) is 10.5. The van der Waals surface area contributed by atoms with Gasteiger partial charge >= 0.3 is 0 Å². The van der Waals surface area contributed by atoms with E-state index in [2.05, 4.69) is 22.0 Å². The minimum absolute atomic E-state index is 0.168. The van der Waals surface area contributed by atoms with Crippen molar-refractivity contribution < 1.29 is 4.79 Å². The number of hydrogen-bond acceptors (Lipinski definition) is 3. The van der Waals surface area contributed by atoms with Gasteiger partial charge in [-0.15, -0.1) is 0 Å². The maximum Gasteiger partial charge on any atom is 0.236 e. The Balaban J connectivity index is 3.02. The third kappa shape index (κ3) is 2.97.